The standard InChI is InChI=1S/C12H15N5O6/c1-12(2)22-8-6(5-20-16-15-13)21-10(9(8)23-12)17-4-3-7(18)14-11(17)19/h3-4,6,8-10H,5H2,1-2H3,(H,14,18,19)/t6-,8-,9-,10-/m1/s1. The molecule has 1 N–H and O–H groups in total. The van der Waals surface area contributed by atoms with E-state index in [9.17, 15) is 9.59 Å². The van der Waals surface area contributed by atoms with Crippen LogP contribution in [-0.4, -0.2) is 40.3 Å². The monoisotopic (exact) mass is 325 g/mol. The summed E-state index contributed by atoms with van der Waals surface area (Å²) in [6.45, 7) is 3.42. The lowest BCUT2D eigenvalue weighted by atomic mass is 10.1. The van der Waals surface area contributed by atoms with Crippen LogP contribution in [0, 0.1) is 0 Å². The number of aromatic amines is 1. The third kappa shape index (κ3) is 2.94. The topological polar surface area (TPSA) is 141 Å². The summed E-state index contributed by atoms with van der Waals surface area (Å²) in [6.07, 6.45) is -1.16. The number of H-pyrrole nitrogens is 1. The molecule has 0 spiro atoms. The summed E-state index contributed by atoms with van der Waals surface area (Å²) in [5.74, 6) is -0.861. The van der Waals surface area contributed by atoms with Crippen molar-refractivity contribution in [3.8, 4) is 0 Å². The Balaban J connectivity index is 1.90. The van der Waals surface area contributed by atoms with E-state index < -0.39 is 41.6 Å². The maximum absolute atomic E-state index is 12.0. The molecule has 0 bridgehead atoms. The Morgan fingerprint density at radius 3 is 2.87 bits per heavy atom. The number of hydrogen-bond acceptors (Lipinski definition) is 7. The van der Waals surface area contributed by atoms with Gasteiger partial charge in [-0.2, -0.15) is 0 Å². The van der Waals surface area contributed by atoms with E-state index in [0.29, 0.717) is 0 Å². The fraction of sp³-hybridized carbons (Fsp3) is 0.667. The quantitative estimate of drug-likeness (QED) is 0.363. The van der Waals surface area contributed by atoms with Gasteiger partial charge >= 0.3 is 5.69 Å². The summed E-state index contributed by atoms with van der Waals surface area (Å²) in [5, 5.41) is 3.00. The molecule has 0 radical (unpaired) electrons. The number of fused-ring (bicyclic) bond motifs is 1. The maximum Gasteiger partial charge on any atom is 0.330 e. The van der Waals surface area contributed by atoms with Gasteiger partial charge in [-0.05, 0) is 19.4 Å². The summed E-state index contributed by atoms with van der Waals surface area (Å²) >= 11 is 0. The summed E-state index contributed by atoms with van der Waals surface area (Å²) in [5.41, 5.74) is 7.13. The summed E-state index contributed by atoms with van der Waals surface area (Å²) < 4.78 is 18.6. The molecule has 0 aliphatic carbocycles. The van der Waals surface area contributed by atoms with Gasteiger partial charge in [-0.1, -0.05) is 0 Å². The van der Waals surface area contributed by atoms with Crippen LogP contribution in [0.25, 0.3) is 10.4 Å². The van der Waals surface area contributed by atoms with Crippen molar-refractivity contribution in [2.45, 2.75) is 44.2 Å². The lowest BCUT2D eigenvalue weighted by Gasteiger charge is -2.24. The Morgan fingerprint density at radius 1 is 1.43 bits per heavy atom. The minimum absolute atomic E-state index is 0.0563. The largest absolute Gasteiger partial charge is 0.431 e. The molecule has 0 aromatic carbocycles. The molecular formula is C12H15N5O6. The number of nitrogens with one attached hydrogen (secondary N) is 1. The molecule has 0 unspecified atom stereocenters. The Bertz CT molecular complexity index is 751. The zero-order valence-electron chi connectivity index (χ0n) is 12.4. The molecule has 0 saturated carbocycles. The molecule has 11 nitrogen and oxygen atoms in total. The van der Waals surface area contributed by atoms with Gasteiger partial charge in [0, 0.05) is 17.2 Å². The molecule has 1 aromatic rings. The third-order valence-electron chi connectivity index (χ3n) is 3.58. The van der Waals surface area contributed by atoms with Crippen molar-refractivity contribution in [1.82, 2.24) is 9.55 Å². The van der Waals surface area contributed by atoms with E-state index in [-0.39, 0.29) is 6.61 Å². The van der Waals surface area contributed by atoms with Gasteiger partial charge in [0.2, 0.25) is 0 Å². The second-order valence-electron chi connectivity index (χ2n) is 5.61. The first-order chi connectivity index (χ1) is 10.9. The fourth-order valence-electron chi connectivity index (χ4n) is 2.78. The molecule has 2 aliphatic rings. The van der Waals surface area contributed by atoms with Crippen molar-refractivity contribution in [2.75, 3.05) is 6.61 Å². The van der Waals surface area contributed by atoms with E-state index in [1.54, 1.807) is 13.8 Å². The highest BCUT2D eigenvalue weighted by Crippen LogP contribution is 2.42. The van der Waals surface area contributed by atoms with Crippen molar-refractivity contribution in [3.63, 3.8) is 0 Å². The van der Waals surface area contributed by atoms with Crippen molar-refractivity contribution in [3.05, 3.63) is 43.5 Å². The minimum atomic E-state index is -0.861. The summed E-state index contributed by atoms with van der Waals surface area (Å²) in [6, 6.07) is 1.21. The third-order valence-corrected chi connectivity index (χ3v) is 3.58. The van der Waals surface area contributed by atoms with Gasteiger partial charge in [-0.25, -0.2) is 4.79 Å². The highest BCUT2D eigenvalue weighted by Gasteiger charge is 2.56. The van der Waals surface area contributed by atoms with Crippen LogP contribution in [0.4, 0.5) is 0 Å². The van der Waals surface area contributed by atoms with Gasteiger partial charge < -0.3 is 19.0 Å². The smallest absolute Gasteiger partial charge is 0.330 e. The second kappa shape index (κ2) is 5.70. The highest BCUT2D eigenvalue weighted by molar-refractivity contribution is 4.98. The minimum Gasteiger partial charge on any atom is -0.431 e. The van der Waals surface area contributed by atoms with E-state index in [2.05, 4.69) is 15.2 Å². The predicted molar refractivity (Wildman–Crippen MR) is 74.2 cm³/mol. The Labute approximate surface area is 129 Å². The Kier molecular flexibility index (Phi) is 3.86. The van der Waals surface area contributed by atoms with E-state index >= 15 is 0 Å². The van der Waals surface area contributed by atoms with Crippen LogP contribution in [0.3, 0.4) is 0 Å². The number of ether oxygens (including phenoxy) is 3. The first-order valence-electron chi connectivity index (χ1n) is 6.90. The number of nitrogens with zero attached hydrogens (tertiary/aromatic N) is 4. The lowest BCUT2D eigenvalue weighted by Crippen LogP contribution is -2.37. The summed E-state index contributed by atoms with van der Waals surface area (Å²) in [4.78, 5) is 32.6. The van der Waals surface area contributed by atoms with E-state index in [0.717, 1.165) is 0 Å². The van der Waals surface area contributed by atoms with Gasteiger partial charge in [0.15, 0.2) is 12.0 Å². The molecule has 3 rings (SSSR count). The second-order valence-corrected chi connectivity index (χ2v) is 5.61. The first-order valence-corrected chi connectivity index (χ1v) is 6.90. The van der Waals surface area contributed by atoms with Gasteiger partial charge in [-0.3, -0.25) is 14.3 Å². The van der Waals surface area contributed by atoms with Crippen LogP contribution in [0.5, 0.6) is 0 Å². The molecule has 4 atom stereocenters. The number of aromatic nitrogens is 2. The average Bonchev–Trinajstić information content (AvgIpc) is 2.94. The zero-order valence-corrected chi connectivity index (χ0v) is 12.4. The number of rotatable bonds is 4. The highest BCUT2D eigenvalue weighted by atomic mass is 16.8. The Morgan fingerprint density at radius 2 is 2.17 bits per heavy atom. The van der Waals surface area contributed by atoms with Crippen LogP contribution >= 0.6 is 0 Å². The van der Waals surface area contributed by atoms with Crippen LogP contribution in [-0.2, 0) is 19.0 Å². The van der Waals surface area contributed by atoms with E-state index in [1.165, 1.54) is 16.8 Å². The van der Waals surface area contributed by atoms with Crippen molar-refractivity contribution >= 4 is 0 Å². The molecule has 11 heteroatoms. The van der Waals surface area contributed by atoms with Gasteiger partial charge in [0.05, 0.1) is 0 Å². The molecule has 1 aromatic heterocycles. The van der Waals surface area contributed by atoms with Crippen LogP contribution in [0.2, 0.25) is 0 Å². The predicted octanol–water partition coefficient (Wildman–Crippen LogP) is 0.196. The van der Waals surface area contributed by atoms with Gasteiger partial charge in [-0.15, -0.1) is 0 Å². The van der Waals surface area contributed by atoms with Gasteiger partial charge in [0.1, 0.15) is 30.2 Å². The average molecular weight is 325 g/mol. The molecule has 2 aliphatic heterocycles. The SMILES string of the molecule is CC1(C)O[C@@H]2[C@H](O1)[C@@H](CON=[N+]=[N-])O[C@H]2n1ccc(=O)[nH]c1=O. The van der Waals surface area contributed by atoms with Crippen molar-refractivity contribution in [1.29, 1.82) is 0 Å². The van der Waals surface area contributed by atoms with E-state index in [1.807, 2.05) is 0 Å². The molecule has 2 saturated heterocycles. The van der Waals surface area contributed by atoms with Crippen LogP contribution in [0.15, 0.2) is 27.1 Å². The van der Waals surface area contributed by atoms with Crippen LogP contribution in [0.1, 0.15) is 20.1 Å². The first kappa shape index (κ1) is 15.6. The fourth-order valence-corrected chi connectivity index (χ4v) is 2.78. The molecule has 2 fully saturated rings. The number of hydrogen-bond donors (Lipinski definition) is 1. The molecular weight excluding hydrogens is 310 g/mol. The molecule has 3 heterocycles. The Hall–Kier alpha value is -2.33. The molecule has 124 valence electrons. The van der Waals surface area contributed by atoms with Crippen molar-refractivity contribution in [2.24, 2.45) is 5.28 Å². The maximum atomic E-state index is 12.0. The van der Waals surface area contributed by atoms with Crippen LogP contribution < -0.4 is 11.2 Å². The number of azide groups is 1. The van der Waals surface area contributed by atoms with E-state index in [4.69, 9.17) is 24.6 Å². The normalized spacial score (nSPS) is 31.4. The van der Waals surface area contributed by atoms with Gasteiger partial charge in [0.25, 0.3) is 5.56 Å². The molecule has 23 heavy (non-hydrogen) atoms. The zero-order chi connectivity index (χ0) is 16.6. The van der Waals surface area contributed by atoms with Crippen molar-refractivity contribution < 1.29 is 19.0 Å². The molecule has 0 amide bonds. The summed E-state index contributed by atoms with van der Waals surface area (Å²) in [7, 11) is 0. The lowest BCUT2D eigenvalue weighted by molar-refractivity contribution is -0.202.